The topological polar surface area (TPSA) is 54.9 Å². The second-order valence-electron chi connectivity index (χ2n) is 5.10. The van der Waals surface area contributed by atoms with Gasteiger partial charge in [-0.15, -0.1) is 5.10 Å². The number of hydrogen-bond acceptors (Lipinski definition) is 4. The van der Waals surface area contributed by atoms with Crippen molar-refractivity contribution < 1.29 is 18.0 Å². The highest BCUT2D eigenvalue weighted by Crippen LogP contribution is 2.36. The molecule has 1 N–H and O–H groups in total. The molecule has 134 valence electrons. The first-order chi connectivity index (χ1) is 12.3. The van der Waals surface area contributed by atoms with Crippen molar-refractivity contribution in [2.75, 3.05) is 5.32 Å². The predicted octanol–water partition coefficient (Wildman–Crippen LogP) is 5.78. The smallest absolute Gasteiger partial charge is 0.321 e. The molecular weight excluding hydrogens is 410 g/mol. The van der Waals surface area contributed by atoms with Crippen molar-refractivity contribution in [1.29, 1.82) is 0 Å². The van der Waals surface area contributed by atoms with E-state index in [0.29, 0.717) is 16.3 Å². The summed E-state index contributed by atoms with van der Waals surface area (Å²) in [5.41, 5.74) is -0.144. The van der Waals surface area contributed by atoms with Gasteiger partial charge in [0, 0.05) is 16.3 Å². The normalized spacial score (nSPS) is 11.4. The minimum absolute atomic E-state index is 0.0396. The average molecular weight is 418 g/mol. The third-order valence-electron chi connectivity index (χ3n) is 3.34. The molecule has 3 aromatic rings. The van der Waals surface area contributed by atoms with E-state index in [2.05, 4.69) is 14.9 Å². The van der Waals surface area contributed by atoms with Crippen LogP contribution in [-0.4, -0.2) is 15.5 Å². The highest BCUT2D eigenvalue weighted by molar-refractivity contribution is 7.08. The summed E-state index contributed by atoms with van der Waals surface area (Å²) in [5.74, 6) is -0.625. The molecule has 0 unspecified atom stereocenters. The number of benzene rings is 2. The highest BCUT2D eigenvalue weighted by atomic mass is 35.5. The molecule has 0 aliphatic heterocycles. The van der Waals surface area contributed by atoms with Crippen LogP contribution >= 0.6 is 34.7 Å². The molecule has 3 rings (SSSR count). The summed E-state index contributed by atoms with van der Waals surface area (Å²) in [4.78, 5) is 12.6. The first-order valence-corrected chi connectivity index (χ1v) is 8.55. The van der Waals surface area contributed by atoms with Crippen LogP contribution in [0.2, 0.25) is 10.0 Å². The monoisotopic (exact) mass is 417 g/mol. The van der Waals surface area contributed by atoms with E-state index in [1.807, 2.05) is 0 Å². The van der Waals surface area contributed by atoms with Gasteiger partial charge in [0.15, 0.2) is 0 Å². The summed E-state index contributed by atoms with van der Waals surface area (Å²) in [6, 6.07) is 9.73. The van der Waals surface area contributed by atoms with E-state index in [9.17, 15) is 18.0 Å². The van der Waals surface area contributed by atoms with Crippen molar-refractivity contribution in [3.05, 3.63) is 63.0 Å². The number of nitrogens with one attached hydrogen (secondary N) is 1. The zero-order chi connectivity index (χ0) is 18.9. The summed E-state index contributed by atoms with van der Waals surface area (Å²) < 4.78 is 42.5. The van der Waals surface area contributed by atoms with Crippen LogP contribution in [0.3, 0.4) is 0 Å². The second kappa shape index (κ2) is 7.22. The van der Waals surface area contributed by atoms with Crippen LogP contribution in [0, 0.1) is 0 Å². The van der Waals surface area contributed by atoms with Gasteiger partial charge in [-0.3, -0.25) is 4.79 Å². The lowest BCUT2D eigenvalue weighted by atomic mass is 10.1. The van der Waals surface area contributed by atoms with Gasteiger partial charge in [0.1, 0.15) is 10.6 Å². The van der Waals surface area contributed by atoms with Crippen LogP contribution in [0.1, 0.15) is 15.2 Å². The lowest BCUT2D eigenvalue weighted by molar-refractivity contribution is -0.137. The van der Waals surface area contributed by atoms with Gasteiger partial charge < -0.3 is 5.32 Å². The molecule has 0 bridgehead atoms. The zero-order valence-electron chi connectivity index (χ0n) is 12.6. The largest absolute Gasteiger partial charge is 0.417 e. The van der Waals surface area contributed by atoms with Crippen molar-refractivity contribution >= 4 is 46.3 Å². The first-order valence-electron chi connectivity index (χ1n) is 7.02. The van der Waals surface area contributed by atoms with Gasteiger partial charge in [-0.25, -0.2) is 0 Å². The number of carbonyl (C=O) groups is 1. The molecule has 0 saturated carbocycles. The van der Waals surface area contributed by atoms with Gasteiger partial charge in [0.05, 0.1) is 10.6 Å². The van der Waals surface area contributed by atoms with Gasteiger partial charge in [-0.2, -0.15) is 13.2 Å². The molecule has 0 aliphatic carbocycles. The van der Waals surface area contributed by atoms with Crippen molar-refractivity contribution in [2.45, 2.75) is 6.18 Å². The van der Waals surface area contributed by atoms with Gasteiger partial charge in [0.25, 0.3) is 5.91 Å². The number of rotatable bonds is 3. The number of aromatic nitrogens is 2. The fourth-order valence-electron chi connectivity index (χ4n) is 2.14. The standard InChI is InChI=1S/C16H8Cl2F3N3OS/c17-9-3-1-8(2-4-9)13-14(26-24-23-13)15(25)22-10-5-6-12(18)11(7-10)16(19,20)21/h1-7H,(H,22,25). The molecule has 0 atom stereocenters. The average Bonchev–Trinajstić information content (AvgIpc) is 3.06. The Morgan fingerprint density at radius 3 is 2.42 bits per heavy atom. The van der Waals surface area contributed by atoms with Crippen molar-refractivity contribution in [3.8, 4) is 11.3 Å². The van der Waals surface area contributed by atoms with Crippen molar-refractivity contribution in [2.24, 2.45) is 0 Å². The number of halogens is 5. The minimum Gasteiger partial charge on any atom is -0.321 e. The van der Waals surface area contributed by atoms with Gasteiger partial charge in [-0.05, 0) is 41.9 Å². The third kappa shape index (κ3) is 3.98. The molecule has 0 radical (unpaired) electrons. The molecule has 1 amide bonds. The maximum atomic E-state index is 12.9. The van der Waals surface area contributed by atoms with Crippen LogP contribution in [0.4, 0.5) is 18.9 Å². The van der Waals surface area contributed by atoms with Gasteiger partial charge in [0.2, 0.25) is 0 Å². The molecule has 26 heavy (non-hydrogen) atoms. The van der Waals surface area contributed by atoms with Gasteiger partial charge in [-0.1, -0.05) is 39.8 Å². The van der Waals surface area contributed by atoms with Crippen LogP contribution in [0.5, 0.6) is 0 Å². The number of carbonyl (C=O) groups excluding carboxylic acids is 1. The predicted molar refractivity (Wildman–Crippen MR) is 94.8 cm³/mol. The molecule has 1 heterocycles. The second-order valence-corrected chi connectivity index (χ2v) is 6.70. The quantitative estimate of drug-likeness (QED) is 0.587. The van der Waals surface area contributed by atoms with Crippen LogP contribution in [0.15, 0.2) is 42.5 Å². The SMILES string of the molecule is O=C(Nc1ccc(Cl)c(C(F)(F)F)c1)c1snnc1-c1ccc(Cl)cc1. The highest BCUT2D eigenvalue weighted by Gasteiger charge is 2.33. The maximum Gasteiger partial charge on any atom is 0.417 e. The minimum atomic E-state index is -4.63. The molecule has 10 heteroatoms. The number of alkyl halides is 3. The summed E-state index contributed by atoms with van der Waals surface area (Å²) in [5, 5.41) is 6.40. The van der Waals surface area contributed by atoms with E-state index in [1.165, 1.54) is 6.07 Å². The number of nitrogens with zero attached hydrogens (tertiary/aromatic N) is 2. The Morgan fingerprint density at radius 2 is 1.77 bits per heavy atom. The lowest BCUT2D eigenvalue weighted by Gasteiger charge is -2.11. The van der Waals surface area contributed by atoms with Gasteiger partial charge >= 0.3 is 6.18 Å². The molecule has 2 aromatic carbocycles. The van der Waals surface area contributed by atoms with E-state index in [4.69, 9.17) is 23.2 Å². The van der Waals surface area contributed by atoms with E-state index in [0.717, 1.165) is 23.7 Å². The van der Waals surface area contributed by atoms with Crippen LogP contribution in [-0.2, 0) is 6.18 Å². The number of amides is 1. The van der Waals surface area contributed by atoms with E-state index < -0.39 is 22.7 Å². The number of hydrogen-bond donors (Lipinski definition) is 1. The van der Waals surface area contributed by atoms with E-state index in [1.54, 1.807) is 24.3 Å². The first kappa shape index (κ1) is 18.6. The Morgan fingerprint density at radius 1 is 1.08 bits per heavy atom. The van der Waals surface area contributed by atoms with Crippen molar-refractivity contribution in [3.63, 3.8) is 0 Å². The number of anilines is 1. The Hall–Kier alpha value is -2.16. The summed E-state index contributed by atoms with van der Waals surface area (Å²) in [6.45, 7) is 0. The Labute approximate surface area is 159 Å². The molecule has 0 spiro atoms. The van der Waals surface area contributed by atoms with Crippen LogP contribution < -0.4 is 5.32 Å². The van der Waals surface area contributed by atoms with E-state index >= 15 is 0 Å². The third-order valence-corrected chi connectivity index (χ3v) is 4.65. The zero-order valence-corrected chi connectivity index (χ0v) is 15.0. The van der Waals surface area contributed by atoms with Crippen LogP contribution in [0.25, 0.3) is 11.3 Å². The van der Waals surface area contributed by atoms with E-state index in [-0.39, 0.29) is 10.6 Å². The summed E-state index contributed by atoms with van der Waals surface area (Å²) in [7, 11) is 0. The molecule has 0 saturated heterocycles. The maximum absolute atomic E-state index is 12.9. The molecule has 1 aromatic heterocycles. The van der Waals surface area contributed by atoms with Crippen molar-refractivity contribution in [1.82, 2.24) is 9.59 Å². The Kier molecular flexibility index (Phi) is 5.17. The summed E-state index contributed by atoms with van der Waals surface area (Å²) in [6.07, 6.45) is -4.63. The fraction of sp³-hybridized carbons (Fsp3) is 0.0625. The summed E-state index contributed by atoms with van der Waals surface area (Å²) >= 11 is 12.2. The molecule has 4 nitrogen and oxygen atoms in total. The lowest BCUT2D eigenvalue weighted by Crippen LogP contribution is -2.13. The fourth-order valence-corrected chi connectivity index (χ4v) is 3.08. The Balaban J connectivity index is 1.88. The molecule has 0 fully saturated rings. The molecular formula is C16H8Cl2F3N3OS. The Bertz CT molecular complexity index is 958. The molecule has 0 aliphatic rings.